The molecule has 1 fully saturated rings. The molecule has 1 atom stereocenters. The van der Waals surface area contributed by atoms with Gasteiger partial charge >= 0.3 is 5.97 Å². The fourth-order valence-corrected chi connectivity index (χ4v) is 4.21. The van der Waals surface area contributed by atoms with Gasteiger partial charge in [-0.25, -0.2) is 9.78 Å². The van der Waals surface area contributed by atoms with Gasteiger partial charge in [-0.2, -0.15) is 0 Å². The number of esters is 1. The molecule has 1 saturated heterocycles. The highest BCUT2D eigenvalue weighted by Crippen LogP contribution is 2.24. The number of piperidine rings is 1. The zero-order valence-electron chi connectivity index (χ0n) is 18.3. The number of nitrogens with zero attached hydrogens (tertiary/aromatic N) is 3. The van der Waals surface area contributed by atoms with Crippen LogP contribution in [0.3, 0.4) is 0 Å². The molecule has 1 aliphatic rings. The summed E-state index contributed by atoms with van der Waals surface area (Å²) in [5, 5.41) is 7.59. The molecule has 1 aromatic heterocycles. The molecule has 2 rings (SSSR count). The van der Waals surface area contributed by atoms with E-state index in [2.05, 4.69) is 32.4 Å². The van der Waals surface area contributed by atoms with Gasteiger partial charge in [0.15, 0.2) is 5.96 Å². The van der Waals surface area contributed by atoms with Gasteiger partial charge in [0.2, 0.25) is 0 Å². The van der Waals surface area contributed by atoms with E-state index in [9.17, 15) is 4.79 Å². The van der Waals surface area contributed by atoms with Crippen molar-refractivity contribution in [2.24, 2.45) is 10.9 Å². The highest BCUT2D eigenvalue weighted by Gasteiger charge is 2.20. The molecule has 2 heterocycles. The minimum atomic E-state index is -0.300. The van der Waals surface area contributed by atoms with E-state index < -0.39 is 0 Å². The van der Waals surface area contributed by atoms with Crippen LogP contribution in [0.5, 0.6) is 0 Å². The molecule has 0 aliphatic carbocycles. The fourth-order valence-electron chi connectivity index (χ4n) is 3.25. The van der Waals surface area contributed by atoms with Gasteiger partial charge in [0.25, 0.3) is 0 Å². The number of ether oxygens (including phenoxy) is 1. The lowest BCUT2D eigenvalue weighted by Crippen LogP contribution is -2.40. The Balaban J connectivity index is 0.00000420. The number of halogens is 1. The average Bonchev–Trinajstić information content (AvgIpc) is 3.07. The summed E-state index contributed by atoms with van der Waals surface area (Å²) in [5.41, 5.74) is 0.714. The molecule has 0 aromatic carbocycles. The molecular formula is C20H36IN5O2S. The van der Waals surface area contributed by atoms with Crippen molar-refractivity contribution in [2.75, 3.05) is 39.8 Å². The smallest absolute Gasteiger partial charge is 0.350 e. The molecule has 0 bridgehead atoms. The van der Waals surface area contributed by atoms with Crippen LogP contribution in [0, 0.1) is 12.8 Å². The van der Waals surface area contributed by atoms with E-state index in [1.165, 1.54) is 37.3 Å². The Kier molecular flexibility index (Phi) is 12.0. The number of nitrogens with one attached hydrogen (secondary N) is 2. The highest BCUT2D eigenvalue weighted by molar-refractivity contribution is 14.0. The van der Waals surface area contributed by atoms with E-state index in [1.54, 1.807) is 14.0 Å². The SMILES string of the molecule is CCOC(=O)c1sc(C(C)NC(=NC)NCCCN2CCC(C)CC2)nc1C.I. The van der Waals surface area contributed by atoms with Crippen LogP contribution in [-0.4, -0.2) is 61.6 Å². The van der Waals surface area contributed by atoms with Crippen LogP contribution in [0.4, 0.5) is 0 Å². The van der Waals surface area contributed by atoms with E-state index in [1.807, 2.05) is 13.8 Å². The molecule has 0 spiro atoms. The van der Waals surface area contributed by atoms with Gasteiger partial charge in [0.05, 0.1) is 18.3 Å². The first-order chi connectivity index (χ1) is 13.4. The first-order valence-corrected chi connectivity index (χ1v) is 11.1. The second kappa shape index (κ2) is 13.4. The van der Waals surface area contributed by atoms with Crippen LogP contribution in [-0.2, 0) is 4.74 Å². The molecule has 166 valence electrons. The van der Waals surface area contributed by atoms with Crippen molar-refractivity contribution in [3.05, 3.63) is 15.6 Å². The summed E-state index contributed by atoms with van der Waals surface area (Å²) in [6, 6.07) is -0.0401. The maximum absolute atomic E-state index is 12.0. The van der Waals surface area contributed by atoms with Crippen molar-refractivity contribution in [3.8, 4) is 0 Å². The lowest BCUT2D eigenvalue weighted by atomic mass is 9.99. The molecule has 0 radical (unpaired) electrons. The van der Waals surface area contributed by atoms with Crippen molar-refractivity contribution in [3.63, 3.8) is 0 Å². The number of carbonyl (C=O) groups is 1. The maximum Gasteiger partial charge on any atom is 0.350 e. The van der Waals surface area contributed by atoms with Crippen LogP contribution < -0.4 is 10.6 Å². The first kappa shape index (κ1) is 26.1. The molecule has 0 saturated carbocycles. The molecule has 1 aromatic rings. The summed E-state index contributed by atoms with van der Waals surface area (Å²) in [4.78, 5) is 24.0. The molecule has 1 aliphatic heterocycles. The Labute approximate surface area is 196 Å². The van der Waals surface area contributed by atoms with Crippen molar-refractivity contribution in [1.29, 1.82) is 0 Å². The fraction of sp³-hybridized carbons (Fsp3) is 0.750. The summed E-state index contributed by atoms with van der Waals surface area (Å²) >= 11 is 1.38. The predicted octanol–water partition coefficient (Wildman–Crippen LogP) is 3.59. The molecule has 2 N–H and O–H groups in total. The van der Waals surface area contributed by atoms with E-state index in [4.69, 9.17) is 4.74 Å². The average molecular weight is 538 g/mol. The molecule has 0 amide bonds. The number of carbonyl (C=O) groups excluding carboxylic acids is 1. The number of thiazole rings is 1. The number of hydrogen-bond acceptors (Lipinski definition) is 6. The van der Waals surface area contributed by atoms with Gasteiger partial charge in [0.1, 0.15) is 9.88 Å². The van der Waals surface area contributed by atoms with Crippen LogP contribution in [0.1, 0.15) is 66.4 Å². The van der Waals surface area contributed by atoms with Crippen LogP contribution >= 0.6 is 35.3 Å². The lowest BCUT2D eigenvalue weighted by Gasteiger charge is -2.30. The Morgan fingerprint density at radius 2 is 2.10 bits per heavy atom. The van der Waals surface area contributed by atoms with E-state index in [-0.39, 0.29) is 36.0 Å². The number of aryl methyl sites for hydroxylation is 1. The third-order valence-electron chi connectivity index (χ3n) is 5.04. The summed E-state index contributed by atoms with van der Waals surface area (Å²) < 4.78 is 5.10. The number of guanidine groups is 1. The monoisotopic (exact) mass is 537 g/mol. The number of aromatic nitrogens is 1. The van der Waals surface area contributed by atoms with Gasteiger partial charge < -0.3 is 20.3 Å². The summed E-state index contributed by atoms with van der Waals surface area (Å²) in [7, 11) is 1.77. The van der Waals surface area contributed by atoms with Crippen molar-refractivity contribution in [1.82, 2.24) is 20.5 Å². The van der Waals surface area contributed by atoms with E-state index >= 15 is 0 Å². The zero-order chi connectivity index (χ0) is 20.5. The molecule has 7 nitrogen and oxygen atoms in total. The Bertz CT molecular complexity index is 659. The Hall–Kier alpha value is -0.940. The minimum Gasteiger partial charge on any atom is -0.462 e. The summed E-state index contributed by atoms with van der Waals surface area (Å²) in [6.45, 7) is 12.8. The normalized spacial score (nSPS) is 16.8. The quantitative estimate of drug-likeness (QED) is 0.174. The minimum absolute atomic E-state index is 0. The van der Waals surface area contributed by atoms with Crippen molar-refractivity contribution >= 4 is 47.2 Å². The lowest BCUT2D eigenvalue weighted by molar-refractivity contribution is 0.0531. The van der Waals surface area contributed by atoms with Gasteiger partial charge in [0, 0.05) is 13.6 Å². The van der Waals surface area contributed by atoms with Crippen LogP contribution in [0.25, 0.3) is 0 Å². The van der Waals surface area contributed by atoms with E-state index in [0.717, 1.165) is 36.4 Å². The number of hydrogen-bond donors (Lipinski definition) is 2. The van der Waals surface area contributed by atoms with Gasteiger partial charge in [-0.3, -0.25) is 4.99 Å². The second-order valence-electron chi connectivity index (χ2n) is 7.43. The third-order valence-corrected chi connectivity index (χ3v) is 6.36. The predicted molar refractivity (Wildman–Crippen MR) is 131 cm³/mol. The molecule has 1 unspecified atom stereocenters. The van der Waals surface area contributed by atoms with Gasteiger partial charge in [-0.1, -0.05) is 6.92 Å². The maximum atomic E-state index is 12.0. The second-order valence-corrected chi connectivity index (χ2v) is 8.46. The Morgan fingerprint density at radius 1 is 1.41 bits per heavy atom. The molecular weight excluding hydrogens is 501 g/mol. The van der Waals surface area contributed by atoms with E-state index in [0.29, 0.717) is 17.2 Å². The van der Waals surface area contributed by atoms with Gasteiger partial charge in [-0.05, 0) is 65.6 Å². The summed E-state index contributed by atoms with van der Waals surface area (Å²) in [5.74, 6) is 1.33. The highest BCUT2D eigenvalue weighted by atomic mass is 127. The standard InChI is InChI=1S/C20H35N5O2S.HI/c1-6-27-19(26)17-15(3)23-18(28-17)16(4)24-20(21-5)22-10-7-11-25-12-8-14(2)9-13-25;/h14,16H,6-13H2,1-5H3,(H2,21,22,24);1H. The molecule has 9 heteroatoms. The zero-order valence-corrected chi connectivity index (χ0v) is 21.4. The largest absolute Gasteiger partial charge is 0.462 e. The number of likely N-dealkylation sites (tertiary alicyclic amines) is 1. The van der Waals surface area contributed by atoms with Crippen molar-refractivity contribution < 1.29 is 9.53 Å². The Morgan fingerprint density at radius 3 is 2.72 bits per heavy atom. The topological polar surface area (TPSA) is 78.8 Å². The number of aliphatic imine (C=N–C) groups is 1. The van der Waals surface area contributed by atoms with Crippen LogP contribution in [0.15, 0.2) is 4.99 Å². The van der Waals surface area contributed by atoms with Crippen LogP contribution in [0.2, 0.25) is 0 Å². The number of rotatable bonds is 8. The molecule has 29 heavy (non-hydrogen) atoms. The third kappa shape index (κ3) is 8.37. The first-order valence-electron chi connectivity index (χ1n) is 10.3. The van der Waals surface area contributed by atoms with Crippen molar-refractivity contribution in [2.45, 2.75) is 53.0 Å². The summed E-state index contributed by atoms with van der Waals surface area (Å²) in [6.07, 6.45) is 3.72. The van der Waals surface area contributed by atoms with Gasteiger partial charge in [-0.15, -0.1) is 35.3 Å².